The van der Waals surface area contributed by atoms with Crippen molar-refractivity contribution in [1.82, 2.24) is 0 Å². The van der Waals surface area contributed by atoms with E-state index in [9.17, 15) is 5.11 Å². The Bertz CT molecular complexity index is 193. The minimum atomic E-state index is -1.49. The molecule has 2 unspecified atom stereocenters. The van der Waals surface area contributed by atoms with Gasteiger partial charge in [-0.3, -0.25) is 0 Å². The summed E-state index contributed by atoms with van der Waals surface area (Å²) in [5.74, 6) is -0.444. The lowest BCUT2D eigenvalue weighted by molar-refractivity contribution is -0.0947. The van der Waals surface area contributed by atoms with Gasteiger partial charge in [-0.1, -0.05) is 6.92 Å². The third-order valence-corrected chi connectivity index (χ3v) is 2.80. The summed E-state index contributed by atoms with van der Waals surface area (Å²) in [6.07, 6.45) is 0.331. The van der Waals surface area contributed by atoms with Crippen molar-refractivity contribution < 1.29 is 5.11 Å². The smallest absolute Gasteiger partial charge is 0.122 e. The van der Waals surface area contributed by atoms with Crippen LogP contribution in [-0.4, -0.2) is 22.2 Å². The van der Waals surface area contributed by atoms with Crippen LogP contribution >= 0.6 is 0 Å². The van der Waals surface area contributed by atoms with Gasteiger partial charge in [0.25, 0.3) is 0 Å². The van der Waals surface area contributed by atoms with Crippen LogP contribution in [0, 0.1) is 5.92 Å². The first-order chi connectivity index (χ1) is 5.57. The summed E-state index contributed by atoms with van der Waals surface area (Å²) < 4.78 is 0. The molecule has 13 heavy (non-hydrogen) atoms. The highest BCUT2D eigenvalue weighted by molar-refractivity contribution is 5.06. The van der Waals surface area contributed by atoms with E-state index >= 15 is 0 Å². The van der Waals surface area contributed by atoms with Crippen LogP contribution in [0.3, 0.4) is 0 Å². The zero-order valence-electron chi connectivity index (χ0n) is 7.83. The Kier molecular flexibility index (Phi) is 2.19. The van der Waals surface area contributed by atoms with Crippen molar-refractivity contribution in [2.24, 2.45) is 34.6 Å². The van der Waals surface area contributed by atoms with E-state index < -0.39 is 23.0 Å². The van der Waals surface area contributed by atoms with E-state index in [-0.39, 0.29) is 12.8 Å². The van der Waals surface area contributed by atoms with Crippen molar-refractivity contribution in [3.63, 3.8) is 0 Å². The Morgan fingerprint density at radius 1 is 1.08 bits per heavy atom. The maximum Gasteiger partial charge on any atom is 0.122 e. The van der Waals surface area contributed by atoms with Gasteiger partial charge in [-0.25, -0.2) is 0 Å². The molecule has 11 N–H and O–H groups in total. The molecule has 0 aromatic rings. The van der Waals surface area contributed by atoms with E-state index in [0.717, 1.165) is 0 Å². The molecule has 0 amide bonds. The van der Waals surface area contributed by atoms with Crippen LogP contribution in [0.2, 0.25) is 0 Å². The van der Waals surface area contributed by atoms with E-state index in [1.54, 1.807) is 6.92 Å². The zero-order chi connectivity index (χ0) is 10.5. The number of rotatable bonds is 0. The molecule has 0 spiro atoms. The molecular formula is C7H19N5O. The number of hydrogen-bond acceptors (Lipinski definition) is 6. The van der Waals surface area contributed by atoms with E-state index in [4.69, 9.17) is 28.7 Å². The Balaban J connectivity index is 2.96. The van der Waals surface area contributed by atoms with E-state index in [1.165, 1.54) is 0 Å². The molecule has 1 saturated carbocycles. The van der Waals surface area contributed by atoms with Crippen molar-refractivity contribution >= 4 is 0 Å². The van der Waals surface area contributed by atoms with Crippen LogP contribution in [0.25, 0.3) is 0 Å². The summed E-state index contributed by atoms with van der Waals surface area (Å²) in [6, 6.07) is 0. The Morgan fingerprint density at radius 2 is 1.54 bits per heavy atom. The molecule has 0 aromatic heterocycles. The van der Waals surface area contributed by atoms with Crippen LogP contribution < -0.4 is 28.7 Å². The van der Waals surface area contributed by atoms with E-state index in [0.29, 0.717) is 0 Å². The molecule has 6 heteroatoms. The highest BCUT2D eigenvalue weighted by Crippen LogP contribution is 2.35. The third-order valence-electron chi connectivity index (χ3n) is 2.80. The number of nitrogens with two attached hydrogens (primary N) is 5. The van der Waals surface area contributed by atoms with Crippen molar-refractivity contribution in [3.05, 3.63) is 0 Å². The Labute approximate surface area is 77.4 Å². The molecule has 0 aromatic carbocycles. The highest BCUT2D eigenvalue weighted by atomic mass is 16.3. The van der Waals surface area contributed by atoms with Gasteiger partial charge in [0, 0.05) is 18.8 Å². The van der Waals surface area contributed by atoms with Gasteiger partial charge in [-0.2, -0.15) is 0 Å². The van der Waals surface area contributed by atoms with Crippen molar-refractivity contribution in [2.45, 2.75) is 36.8 Å². The van der Waals surface area contributed by atoms with Gasteiger partial charge >= 0.3 is 0 Å². The largest absolute Gasteiger partial charge is 0.376 e. The van der Waals surface area contributed by atoms with Crippen LogP contribution in [-0.2, 0) is 0 Å². The molecule has 0 radical (unpaired) electrons. The van der Waals surface area contributed by atoms with Crippen LogP contribution in [0.15, 0.2) is 0 Å². The van der Waals surface area contributed by atoms with E-state index in [2.05, 4.69) is 0 Å². The SMILES string of the molecule is CC1C(N)(N)CC(N)(N)CC1(N)O. The Morgan fingerprint density at radius 3 is 1.92 bits per heavy atom. The third kappa shape index (κ3) is 1.98. The minimum Gasteiger partial charge on any atom is -0.376 e. The predicted molar refractivity (Wildman–Crippen MR) is 49.7 cm³/mol. The average Bonchev–Trinajstić information content (AvgIpc) is 1.77. The average molecular weight is 189 g/mol. The standard InChI is InChI=1S/C7H19N5O/c1-4-6(10,11)2-5(8,9)3-7(4,12)13/h4,13H,2-3,8-12H2,1H3. The van der Waals surface area contributed by atoms with Gasteiger partial charge in [0.05, 0.1) is 11.3 Å². The lowest BCUT2D eigenvalue weighted by Crippen LogP contribution is -2.76. The molecule has 78 valence electrons. The topological polar surface area (TPSA) is 150 Å². The number of aliphatic hydroxyl groups is 1. The van der Waals surface area contributed by atoms with Gasteiger partial charge in [0.1, 0.15) is 5.72 Å². The minimum absolute atomic E-state index is 0.0946. The summed E-state index contributed by atoms with van der Waals surface area (Å²) in [5, 5.41) is 9.77. The first-order valence-electron chi connectivity index (χ1n) is 4.24. The Hall–Kier alpha value is -0.240. The van der Waals surface area contributed by atoms with Crippen molar-refractivity contribution in [3.8, 4) is 0 Å². The monoisotopic (exact) mass is 189 g/mol. The fourth-order valence-corrected chi connectivity index (χ4v) is 1.93. The molecular weight excluding hydrogens is 170 g/mol. The summed E-state index contributed by atoms with van der Waals surface area (Å²) in [6.45, 7) is 1.69. The summed E-state index contributed by atoms with van der Waals surface area (Å²) in [5.41, 5.74) is 24.7. The highest BCUT2D eigenvalue weighted by Gasteiger charge is 2.52. The van der Waals surface area contributed by atoms with Gasteiger partial charge in [-0.15, -0.1) is 0 Å². The van der Waals surface area contributed by atoms with Gasteiger partial charge in [-0.05, 0) is 0 Å². The molecule has 1 fully saturated rings. The molecule has 0 heterocycles. The lowest BCUT2D eigenvalue weighted by atomic mass is 9.70. The van der Waals surface area contributed by atoms with Gasteiger partial charge in [0.15, 0.2) is 0 Å². The van der Waals surface area contributed by atoms with E-state index in [1.807, 2.05) is 0 Å². The van der Waals surface area contributed by atoms with Crippen LogP contribution in [0.1, 0.15) is 19.8 Å². The molecule has 2 atom stereocenters. The first-order valence-corrected chi connectivity index (χ1v) is 4.24. The van der Waals surface area contributed by atoms with Crippen LogP contribution in [0.5, 0.6) is 0 Å². The second-order valence-electron chi connectivity index (χ2n) is 4.41. The molecule has 1 aliphatic rings. The predicted octanol–water partition coefficient (Wildman–Crippen LogP) is -2.71. The molecule has 0 bridgehead atoms. The molecule has 0 aliphatic heterocycles. The molecule has 0 saturated heterocycles. The van der Waals surface area contributed by atoms with Crippen LogP contribution in [0.4, 0.5) is 0 Å². The maximum atomic E-state index is 9.77. The summed E-state index contributed by atoms with van der Waals surface area (Å²) in [7, 11) is 0. The second kappa shape index (κ2) is 2.63. The fourth-order valence-electron chi connectivity index (χ4n) is 1.93. The summed E-state index contributed by atoms with van der Waals surface area (Å²) in [4.78, 5) is 0. The number of hydrogen-bond donors (Lipinski definition) is 6. The van der Waals surface area contributed by atoms with Crippen molar-refractivity contribution in [2.75, 3.05) is 0 Å². The summed E-state index contributed by atoms with van der Waals surface area (Å²) >= 11 is 0. The maximum absolute atomic E-state index is 9.77. The molecule has 6 nitrogen and oxygen atoms in total. The zero-order valence-corrected chi connectivity index (χ0v) is 7.83. The first kappa shape index (κ1) is 10.8. The normalized spacial score (nSPS) is 43.2. The molecule has 1 aliphatic carbocycles. The fraction of sp³-hybridized carbons (Fsp3) is 1.00. The van der Waals surface area contributed by atoms with Crippen molar-refractivity contribution in [1.29, 1.82) is 0 Å². The van der Waals surface area contributed by atoms with Gasteiger partial charge < -0.3 is 33.8 Å². The second-order valence-corrected chi connectivity index (χ2v) is 4.41. The lowest BCUT2D eigenvalue weighted by Gasteiger charge is -2.51. The quantitative estimate of drug-likeness (QED) is 0.228. The van der Waals surface area contributed by atoms with Gasteiger partial charge in [0.2, 0.25) is 0 Å². The molecule has 1 rings (SSSR count).